The Hall–Kier alpha value is -0.820. The van der Waals surface area contributed by atoms with E-state index < -0.39 is 10.0 Å². The first-order chi connectivity index (χ1) is 11.1. The van der Waals surface area contributed by atoms with Crippen LogP contribution >= 0.6 is 12.4 Å². The Labute approximate surface area is 151 Å². The Morgan fingerprint density at radius 2 is 1.92 bits per heavy atom. The summed E-state index contributed by atoms with van der Waals surface area (Å²) in [6, 6.07) is 7.76. The number of rotatable bonds is 7. The van der Waals surface area contributed by atoms with E-state index in [0.717, 1.165) is 30.9 Å². The molecule has 1 saturated carbocycles. The summed E-state index contributed by atoms with van der Waals surface area (Å²) >= 11 is 0. The van der Waals surface area contributed by atoms with Gasteiger partial charge in [0.05, 0.1) is 12.9 Å². The van der Waals surface area contributed by atoms with Gasteiger partial charge in [0, 0.05) is 19.1 Å². The van der Waals surface area contributed by atoms with E-state index in [9.17, 15) is 8.42 Å². The highest BCUT2D eigenvalue weighted by molar-refractivity contribution is 7.88. The van der Waals surface area contributed by atoms with E-state index in [0.29, 0.717) is 24.9 Å². The number of halogens is 1. The summed E-state index contributed by atoms with van der Waals surface area (Å²) in [5.74, 6) is 1.61. The van der Waals surface area contributed by atoms with Crippen LogP contribution in [0.5, 0.6) is 5.75 Å². The van der Waals surface area contributed by atoms with Crippen LogP contribution < -0.4 is 10.1 Å². The molecule has 1 aliphatic heterocycles. The molecule has 0 unspecified atom stereocenters. The molecule has 2 fully saturated rings. The average Bonchev–Trinajstić information content (AvgIpc) is 3.37. The summed E-state index contributed by atoms with van der Waals surface area (Å²) in [5.41, 5.74) is 0.776. The van der Waals surface area contributed by atoms with Crippen molar-refractivity contribution in [2.45, 2.75) is 37.5 Å². The summed E-state index contributed by atoms with van der Waals surface area (Å²) in [6.45, 7) is 2.34. The van der Waals surface area contributed by atoms with Crippen LogP contribution in [0.25, 0.3) is 0 Å². The predicted octanol–water partition coefficient (Wildman–Crippen LogP) is 2.41. The number of piperidine rings is 1. The minimum atomic E-state index is -3.25. The van der Waals surface area contributed by atoms with E-state index in [2.05, 4.69) is 5.32 Å². The average molecular weight is 375 g/mol. The molecule has 1 aliphatic carbocycles. The zero-order valence-electron chi connectivity index (χ0n) is 14.1. The lowest BCUT2D eigenvalue weighted by Crippen LogP contribution is -2.45. The third-order valence-electron chi connectivity index (χ3n) is 4.72. The monoisotopic (exact) mass is 374 g/mol. The molecule has 2 aliphatic rings. The molecule has 0 radical (unpaired) electrons. The second-order valence-corrected chi connectivity index (χ2v) is 8.60. The van der Waals surface area contributed by atoms with E-state index in [1.54, 1.807) is 17.5 Å². The molecule has 0 spiro atoms. The Morgan fingerprint density at radius 1 is 1.21 bits per heavy atom. The maximum atomic E-state index is 12.6. The Kier molecular flexibility index (Phi) is 6.92. The van der Waals surface area contributed by atoms with Crippen molar-refractivity contribution in [3.63, 3.8) is 0 Å². The quantitative estimate of drug-likeness (QED) is 0.796. The van der Waals surface area contributed by atoms with Gasteiger partial charge in [-0.15, -0.1) is 12.4 Å². The number of benzene rings is 1. The molecule has 0 aromatic heterocycles. The summed E-state index contributed by atoms with van der Waals surface area (Å²) in [6.07, 6.45) is 4.51. The normalized spacial score (nSPS) is 19.7. The lowest BCUT2D eigenvalue weighted by Gasteiger charge is -2.31. The van der Waals surface area contributed by atoms with Crippen LogP contribution in [0.4, 0.5) is 0 Å². The zero-order valence-corrected chi connectivity index (χ0v) is 15.7. The minimum absolute atomic E-state index is 0. The molecule has 1 N–H and O–H groups in total. The van der Waals surface area contributed by atoms with Crippen LogP contribution in [0.2, 0.25) is 0 Å². The summed E-state index contributed by atoms with van der Waals surface area (Å²) in [4.78, 5) is 0. The molecule has 1 saturated heterocycles. The summed E-state index contributed by atoms with van der Waals surface area (Å²) in [7, 11) is -1.66. The number of sulfonamides is 1. The van der Waals surface area contributed by atoms with E-state index in [1.165, 1.54) is 12.8 Å². The molecule has 0 bridgehead atoms. The third-order valence-corrected chi connectivity index (χ3v) is 6.57. The number of nitrogens with zero attached hydrogens (tertiary/aromatic N) is 1. The summed E-state index contributed by atoms with van der Waals surface area (Å²) in [5, 5.41) is 3.58. The van der Waals surface area contributed by atoms with Gasteiger partial charge in [0.15, 0.2) is 0 Å². The third kappa shape index (κ3) is 5.34. The molecule has 1 aromatic carbocycles. The lowest BCUT2D eigenvalue weighted by molar-refractivity contribution is 0.287. The van der Waals surface area contributed by atoms with Crippen molar-refractivity contribution in [3.05, 3.63) is 29.8 Å². The van der Waals surface area contributed by atoms with Gasteiger partial charge in [0.25, 0.3) is 0 Å². The van der Waals surface area contributed by atoms with Gasteiger partial charge in [-0.05, 0) is 55.8 Å². The molecule has 1 aromatic rings. The zero-order chi connectivity index (χ0) is 16.3. The van der Waals surface area contributed by atoms with E-state index >= 15 is 0 Å². The van der Waals surface area contributed by atoms with Gasteiger partial charge in [0.1, 0.15) is 5.75 Å². The van der Waals surface area contributed by atoms with Crippen molar-refractivity contribution in [2.75, 3.05) is 26.7 Å². The highest BCUT2D eigenvalue weighted by atomic mass is 35.5. The van der Waals surface area contributed by atoms with Gasteiger partial charge >= 0.3 is 0 Å². The molecule has 24 heavy (non-hydrogen) atoms. The number of nitrogens with one attached hydrogen (secondary N) is 1. The van der Waals surface area contributed by atoms with Gasteiger partial charge < -0.3 is 10.1 Å². The van der Waals surface area contributed by atoms with E-state index in [4.69, 9.17) is 4.74 Å². The SMILES string of the molecule is COc1cccc(CS(=O)(=O)N2CCC(NCC3CC3)CC2)c1.Cl. The fraction of sp³-hybridized carbons (Fsp3) is 0.647. The second-order valence-electron chi connectivity index (χ2n) is 6.63. The molecular formula is C17H27ClN2O3S. The van der Waals surface area contributed by atoms with Gasteiger partial charge in [-0.1, -0.05) is 12.1 Å². The smallest absolute Gasteiger partial charge is 0.218 e. The topological polar surface area (TPSA) is 58.6 Å². The molecule has 7 heteroatoms. The Balaban J connectivity index is 0.00000208. The van der Waals surface area contributed by atoms with Crippen LogP contribution in [-0.2, 0) is 15.8 Å². The number of ether oxygens (including phenoxy) is 1. The minimum Gasteiger partial charge on any atom is -0.497 e. The second kappa shape index (κ2) is 8.52. The van der Waals surface area contributed by atoms with Gasteiger partial charge in [-0.3, -0.25) is 0 Å². The van der Waals surface area contributed by atoms with E-state index in [-0.39, 0.29) is 18.2 Å². The molecular weight excluding hydrogens is 348 g/mol. The van der Waals surface area contributed by atoms with Crippen molar-refractivity contribution >= 4 is 22.4 Å². The first-order valence-electron chi connectivity index (χ1n) is 8.41. The lowest BCUT2D eigenvalue weighted by atomic mass is 10.1. The van der Waals surface area contributed by atoms with Crippen LogP contribution in [0.3, 0.4) is 0 Å². The maximum absolute atomic E-state index is 12.6. The standard InChI is InChI=1S/C17H26N2O3S.ClH/c1-22-17-4-2-3-15(11-17)13-23(20,21)19-9-7-16(8-10-19)18-12-14-5-6-14;/h2-4,11,14,16,18H,5-10,12-13H2,1H3;1H. The molecule has 1 heterocycles. The Bertz CT molecular complexity index is 626. The van der Waals surface area contributed by atoms with Crippen LogP contribution in [0, 0.1) is 5.92 Å². The fourth-order valence-electron chi connectivity index (χ4n) is 3.06. The molecule has 5 nitrogen and oxygen atoms in total. The summed E-state index contributed by atoms with van der Waals surface area (Å²) < 4.78 is 32.0. The highest BCUT2D eigenvalue weighted by Crippen LogP contribution is 2.28. The van der Waals surface area contributed by atoms with Crippen molar-refractivity contribution in [2.24, 2.45) is 5.92 Å². The maximum Gasteiger partial charge on any atom is 0.218 e. The Morgan fingerprint density at radius 3 is 2.54 bits per heavy atom. The van der Waals surface area contributed by atoms with Gasteiger partial charge in [-0.25, -0.2) is 12.7 Å². The highest BCUT2D eigenvalue weighted by Gasteiger charge is 2.29. The largest absolute Gasteiger partial charge is 0.497 e. The predicted molar refractivity (Wildman–Crippen MR) is 98.2 cm³/mol. The van der Waals surface area contributed by atoms with Crippen molar-refractivity contribution in [1.29, 1.82) is 0 Å². The van der Waals surface area contributed by atoms with Gasteiger partial charge in [0.2, 0.25) is 10.0 Å². The van der Waals surface area contributed by atoms with Crippen LogP contribution in [-0.4, -0.2) is 45.5 Å². The van der Waals surface area contributed by atoms with Crippen LogP contribution in [0.15, 0.2) is 24.3 Å². The first-order valence-corrected chi connectivity index (χ1v) is 10.0. The van der Waals surface area contributed by atoms with Crippen molar-refractivity contribution in [3.8, 4) is 5.75 Å². The molecule has 136 valence electrons. The van der Waals surface area contributed by atoms with Crippen LogP contribution in [0.1, 0.15) is 31.2 Å². The fourth-order valence-corrected chi connectivity index (χ4v) is 4.61. The number of hydrogen-bond acceptors (Lipinski definition) is 4. The first kappa shape index (κ1) is 19.5. The van der Waals surface area contributed by atoms with Crippen molar-refractivity contribution in [1.82, 2.24) is 9.62 Å². The molecule has 0 amide bonds. The van der Waals surface area contributed by atoms with E-state index in [1.807, 2.05) is 18.2 Å². The number of hydrogen-bond donors (Lipinski definition) is 1. The number of methoxy groups -OCH3 is 1. The molecule has 0 atom stereocenters. The van der Waals surface area contributed by atoms with Gasteiger partial charge in [-0.2, -0.15) is 0 Å². The van der Waals surface area contributed by atoms with Crippen molar-refractivity contribution < 1.29 is 13.2 Å². The molecule has 3 rings (SSSR count).